The van der Waals surface area contributed by atoms with E-state index in [0.29, 0.717) is 5.92 Å². The van der Waals surface area contributed by atoms with Gasteiger partial charge in [0, 0.05) is 0 Å². The van der Waals surface area contributed by atoms with Gasteiger partial charge in [-0.25, -0.2) is 0 Å². The average molecular weight is 240 g/mol. The van der Waals surface area contributed by atoms with Crippen molar-refractivity contribution in [3.63, 3.8) is 0 Å². The first-order valence-electron chi connectivity index (χ1n) is 6.89. The second-order valence-electron chi connectivity index (χ2n) is 5.69. The molecule has 0 spiro atoms. The van der Waals surface area contributed by atoms with Crippen molar-refractivity contribution in [3.8, 4) is 0 Å². The molecular formula is C17H20O. The molecule has 3 rings (SSSR count). The lowest BCUT2D eigenvalue weighted by atomic mass is 9.81. The molecule has 0 unspecified atom stereocenters. The number of aliphatic hydroxyl groups is 1. The van der Waals surface area contributed by atoms with Crippen LogP contribution in [0.25, 0.3) is 10.8 Å². The molecule has 1 atom stereocenters. The minimum atomic E-state index is -0.680. The van der Waals surface area contributed by atoms with Crippen LogP contribution in [0.4, 0.5) is 0 Å². The molecule has 2 aromatic rings. The van der Waals surface area contributed by atoms with Crippen LogP contribution < -0.4 is 0 Å². The van der Waals surface area contributed by atoms with E-state index in [-0.39, 0.29) is 0 Å². The molecule has 0 amide bonds. The van der Waals surface area contributed by atoms with Crippen LogP contribution in [-0.2, 0) is 5.60 Å². The van der Waals surface area contributed by atoms with E-state index in [1.54, 1.807) is 0 Å². The fourth-order valence-corrected chi connectivity index (χ4v) is 3.23. The standard InChI is InChI=1S/C17H20O/c1-17(18,15-8-4-5-9-15)16-11-10-13-6-2-3-7-14(13)12-16/h2-3,6-7,10-12,15,18H,4-5,8-9H2,1H3/t17-/m0/s1. The summed E-state index contributed by atoms with van der Waals surface area (Å²) in [6.07, 6.45) is 4.82. The zero-order valence-corrected chi connectivity index (χ0v) is 10.9. The average Bonchev–Trinajstić information content (AvgIpc) is 2.92. The molecule has 0 bridgehead atoms. The van der Waals surface area contributed by atoms with Gasteiger partial charge in [-0.3, -0.25) is 0 Å². The van der Waals surface area contributed by atoms with Crippen molar-refractivity contribution in [2.75, 3.05) is 0 Å². The molecule has 0 heterocycles. The van der Waals surface area contributed by atoms with Crippen molar-refractivity contribution in [2.24, 2.45) is 5.92 Å². The molecule has 1 N–H and O–H groups in total. The highest BCUT2D eigenvalue weighted by atomic mass is 16.3. The van der Waals surface area contributed by atoms with Crippen LogP contribution in [0, 0.1) is 5.92 Å². The fourth-order valence-electron chi connectivity index (χ4n) is 3.23. The van der Waals surface area contributed by atoms with Crippen LogP contribution in [0.2, 0.25) is 0 Å². The summed E-state index contributed by atoms with van der Waals surface area (Å²) in [5, 5.41) is 13.3. The molecule has 0 aromatic heterocycles. The normalized spacial score (nSPS) is 20.1. The van der Waals surface area contributed by atoms with Gasteiger partial charge in [-0.2, -0.15) is 0 Å². The Labute approximate surface area is 108 Å². The Morgan fingerprint density at radius 3 is 2.39 bits per heavy atom. The third-order valence-corrected chi connectivity index (χ3v) is 4.48. The molecule has 0 aliphatic heterocycles. The lowest BCUT2D eigenvalue weighted by Crippen LogP contribution is -2.29. The topological polar surface area (TPSA) is 20.2 Å². The molecule has 1 aliphatic rings. The Balaban J connectivity index is 2.02. The molecule has 1 nitrogen and oxygen atoms in total. The van der Waals surface area contributed by atoms with E-state index in [4.69, 9.17) is 0 Å². The maximum atomic E-state index is 10.8. The van der Waals surface area contributed by atoms with Crippen LogP contribution >= 0.6 is 0 Å². The highest BCUT2D eigenvalue weighted by Gasteiger charge is 2.35. The first-order valence-corrected chi connectivity index (χ1v) is 6.89. The van der Waals surface area contributed by atoms with Gasteiger partial charge in [0.05, 0.1) is 5.60 Å². The highest BCUT2D eigenvalue weighted by molar-refractivity contribution is 5.83. The quantitative estimate of drug-likeness (QED) is 0.832. The van der Waals surface area contributed by atoms with Gasteiger partial charge < -0.3 is 5.11 Å². The van der Waals surface area contributed by atoms with Crippen LogP contribution in [0.1, 0.15) is 38.2 Å². The van der Waals surface area contributed by atoms with Gasteiger partial charge in [0.25, 0.3) is 0 Å². The minimum Gasteiger partial charge on any atom is -0.385 e. The van der Waals surface area contributed by atoms with Crippen molar-refractivity contribution in [1.29, 1.82) is 0 Å². The predicted molar refractivity (Wildman–Crippen MR) is 75.5 cm³/mol. The Kier molecular flexibility index (Phi) is 2.87. The Morgan fingerprint density at radius 2 is 1.67 bits per heavy atom. The molecule has 94 valence electrons. The number of rotatable bonds is 2. The second-order valence-corrected chi connectivity index (χ2v) is 5.69. The van der Waals surface area contributed by atoms with Gasteiger partial charge in [0.1, 0.15) is 0 Å². The van der Waals surface area contributed by atoms with E-state index in [2.05, 4.69) is 42.5 Å². The molecule has 1 saturated carbocycles. The summed E-state index contributed by atoms with van der Waals surface area (Å²) in [4.78, 5) is 0. The van der Waals surface area contributed by atoms with Crippen LogP contribution in [-0.4, -0.2) is 5.11 Å². The Morgan fingerprint density at radius 1 is 1.00 bits per heavy atom. The van der Waals surface area contributed by atoms with Gasteiger partial charge in [-0.15, -0.1) is 0 Å². The monoisotopic (exact) mass is 240 g/mol. The van der Waals surface area contributed by atoms with Gasteiger partial charge in [-0.05, 0) is 48.1 Å². The van der Waals surface area contributed by atoms with Gasteiger partial charge in [0.15, 0.2) is 0 Å². The maximum absolute atomic E-state index is 10.8. The summed E-state index contributed by atoms with van der Waals surface area (Å²) in [6, 6.07) is 14.7. The minimum absolute atomic E-state index is 0.415. The molecular weight excluding hydrogens is 220 g/mol. The maximum Gasteiger partial charge on any atom is 0.0896 e. The van der Waals surface area contributed by atoms with E-state index >= 15 is 0 Å². The van der Waals surface area contributed by atoms with E-state index in [9.17, 15) is 5.11 Å². The number of fused-ring (bicyclic) bond motifs is 1. The zero-order valence-electron chi connectivity index (χ0n) is 10.9. The van der Waals surface area contributed by atoms with E-state index in [1.165, 1.54) is 23.6 Å². The van der Waals surface area contributed by atoms with Crippen molar-refractivity contribution in [1.82, 2.24) is 0 Å². The molecule has 0 saturated heterocycles. The van der Waals surface area contributed by atoms with Crippen molar-refractivity contribution >= 4 is 10.8 Å². The molecule has 1 heteroatoms. The van der Waals surface area contributed by atoms with E-state index < -0.39 is 5.60 Å². The van der Waals surface area contributed by atoms with E-state index in [0.717, 1.165) is 18.4 Å². The van der Waals surface area contributed by atoms with Gasteiger partial charge in [-0.1, -0.05) is 49.2 Å². The Hall–Kier alpha value is -1.34. The summed E-state index contributed by atoms with van der Waals surface area (Å²) in [5.41, 5.74) is 0.383. The number of benzene rings is 2. The Bertz CT molecular complexity index is 550. The lowest BCUT2D eigenvalue weighted by molar-refractivity contribution is -0.00320. The van der Waals surface area contributed by atoms with E-state index in [1.807, 2.05) is 6.92 Å². The van der Waals surface area contributed by atoms with Crippen LogP contribution in [0.15, 0.2) is 42.5 Å². The molecule has 0 radical (unpaired) electrons. The molecule has 1 aliphatic carbocycles. The smallest absolute Gasteiger partial charge is 0.0896 e. The largest absolute Gasteiger partial charge is 0.385 e. The van der Waals surface area contributed by atoms with Crippen LogP contribution in [0.3, 0.4) is 0 Å². The SMILES string of the molecule is C[C@@](O)(c1ccc2ccccc2c1)C1CCCC1. The third kappa shape index (κ3) is 1.93. The van der Waals surface area contributed by atoms with Crippen molar-refractivity contribution < 1.29 is 5.11 Å². The fraction of sp³-hybridized carbons (Fsp3) is 0.412. The second kappa shape index (κ2) is 4.40. The van der Waals surface area contributed by atoms with Crippen molar-refractivity contribution in [2.45, 2.75) is 38.2 Å². The highest BCUT2D eigenvalue weighted by Crippen LogP contribution is 2.40. The number of hydrogen-bond donors (Lipinski definition) is 1. The third-order valence-electron chi connectivity index (χ3n) is 4.48. The van der Waals surface area contributed by atoms with Gasteiger partial charge >= 0.3 is 0 Å². The molecule has 2 aromatic carbocycles. The van der Waals surface area contributed by atoms with Gasteiger partial charge in [0.2, 0.25) is 0 Å². The first kappa shape index (κ1) is 11.7. The summed E-state index contributed by atoms with van der Waals surface area (Å²) in [6.45, 7) is 1.98. The first-order chi connectivity index (χ1) is 8.68. The molecule has 18 heavy (non-hydrogen) atoms. The zero-order chi connectivity index (χ0) is 12.6. The number of hydrogen-bond acceptors (Lipinski definition) is 1. The summed E-state index contributed by atoms with van der Waals surface area (Å²) in [5.74, 6) is 0.415. The lowest BCUT2D eigenvalue weighted by Gasteiger charge is -2.31. The summed E-state index contributed by atoms with van der Waals surface area (Å²) < 4.78 is 0. The molecule has 1 fully saturated rings. The van der Waals surface area contributed by atoms with Crippen LogP contribution in [0.5, 0.6) is 0 Å². The summed E-state index contributed by atoms with van der Waals surface area (Å²) >= 11 is 0. The summed E-state index contributed by atoms with van der Waals surface area (Å²) in [7, 11) is 0. The predicted octanol–water partition coefficient (Wildman–Crippen LogP) is 4.24. The van der Waals surface area contributed by atoms with Crippen molar-refractivity contribution in [3.05, 3.63) is 48.0 Å².